The Kier molecular flexibility index (Phi) is 4.54. The van der Waals surface area contributed by atoms with E-state index in [2.05, 4.69) is 10.0 Å². The lowest BCUT2D eigenvalue weighted by atomic mass is 10.1. The minimum absolute atomic E-state index is 0.150. The maximum Gasteiger partial charge on any atom is 0.251 e. The summed E-state index contributed by atoms with van der Waals surface area (Å²) in [5.41, 5.74) is 1.69. The minimum atomic E-state index is -3.35. The van der Waals surface area contributed by atoms with Gasteiger partial charge in [-0.3, -0.25) is 9.52 Å². The first-order valence-corrected chi connectivity index (χ1v) is 9.49. The molecule has 3 rings (SSSR count). The summed E-state index contributed by atoms with van der Waals surface area (Å²) in [5.74, 6) is 0.899. The summed E-state index contributed by atoms with van der Waals surface area (Å²) >= 11 is 0. The molecule has 1 atom stereocenters. The van der Waals surface area contributed by atoms with Crippen LogP contribution in [-0.2, 0) is 10.0 Å². The van der Waals surface area contributed by atoms with Crippen LogP contribution >= 0.6 is 0 Å². The van der Waals surface area contributed by atoms with Crippen LogP contribution in [0, 0.1) is 0 Å². The van der Waals surface area contributed by atoms with Gasteiger partial charge in [-0.2, -0.15) is 0 Å². The zero-order valence-electron chi connectivity index (χ0n) is 13.8. The Morgan fingerprint density at radius 2 is 1.88 bits per heavy atom. The van der Waals surface area contributed by atoms with Crippen LogP contribution in [0.2, 0.25) is 0 Å². The van der Waals surface area contributed by atoms with Gasteiger partial charge in [0.1, 0.15) is 0 Å². The number of carbonyl (C=O) groups excluding carboxylic acids is 1. The normalized spacial score (nSPS) is 14.0. The first-order chi connectivity index (χ1) is 11.8. The fraction of sp³-hybridized carbons (Fsp3) is 0.235. The van der Waals surface area contributed by atoms with Crippen LogP contribution in [0.5, 0.6) is 11.5 Å². The molecule has 8 heteroatoms. The minimum Gasteiger partial charge on any atom is -0.454 e. The van der Waals surface area contributed by atoms with E-state index in [1.807, 2.05) is 13.0 Å². The molecule has 0 aromatic heterocycles. The number of rotatable bonds is 5. The zero-order valence-corrected chi connectivity index (χ0v) is 14.6. The number of hydrogen-bond donors (Lipinski definition) is 2. The molecule has 1 amide bonds. The highest BCUT2D eigenvalue weighted by atomic mass is 32.2. The number of benzene rings is 2. The number of carbonyl (C=O) groups is 1. The van der Waals surface area contributed by atoms with E-state index >= 15 is 0 Å². The number of nitrogens with one attached hydrogen (secondary N) is 2. The Labute approximate surface area is 146 Å². The molecule has 25 heavy (non-hydrogen) atoms. The molecule has 0 saturated carbocycles. The average molecular weight is 362 g/mol. The molecule has 132 valence electrons. The molecule has 7 nitrogen and oxygen atoms in total. The van der Waals surface area contributed by atoms with E-state index in [1.165, 1.54) is 0 Å². The number of fused-ring (bicyclic) bond motifs is 1. The van der Waals surface area contributed by atoms with Crippen molar-refractivity contribution >= 4 is 21.6 Å². The molecule has 0 aliphatic carbocycles. The Hall–Kier alpha value is -2.74. The predicted molar refractivity (Wildman–Crippen MR) is 93.4 cm³/mol. The molecule has 2 N–H and O–H groups in total. The fourth-order valence-corrected chi connectivity index (χ4v) is 3.04. The van der Waals surface area contributed by atoms with Crippen LogP contribution in [-0.4, -0.2) is 27.4 Å². The second-order valence-corrected chi connectivity index (χ2v) is 7.51. The van der Waals surface area contributed by atoms with Crippen molar-refractivity contribution in [2.75, 3.05) is 17.8 Å². The highest BCUT2D eigenvalue weighted by molar-refractivity contribution is 7.92. The van der Waals surface area contributed by atoms with Gasteiger partial charge in [0.25, 0.3) is 5.91 Å². The van der Waals surface area contributed by atoms with Crippen molar-refractivity contribution < 1.29 is 22.7 Å². The van der Waals surface area contributed by atoms with E-state index in [9.17, 15) is 13.2 Å². The second kappa shape index (κ2) is 6.64. The lowest BCUT2D eigenvalue weighted by molar-refractivity contribution is 0.0939. The molecule has 0 bridgehead atoms. The van der Waals surface area contributed by atoms with Crippen LogP contribution in [0.25, 0.3) is 0 Å². The molecule has 0 radical (unpaired) electrons. The van der Waals surface area contributed by atoms with Crippen molar-refractivity contribution in [1.29, 1.82) is 0 Å². The molecular formula is C17H18N2O5S. The van der Waals surface area contributed by atoms with Gasteiger partial charge in [0.05, 0.1) is 12.3 Å². The molecule has 1 aliphatic rings. The van der Waals surface area contributed by atoms with E-state index < -0.39 is 10.0 Å². The van der Waals surface area contributed by atoms with E-state index in [0.29, 0.717) is 22.7 Å². The summed E-state index contributed by atoms with van der Waals surface area (Å²) in [7, 11) is -3.35. The molecule has 1 unspecified atom stereocenters. The summed E-state index contributed by atoms with van der Waals surface area (Å²) in [6, 6.07) is 11.6. The van der Waals surface area contributed by atoms with Crippen LogP contribution < -0.4 is 19.5 Å². The van der Waals surface area contributed by atoms with Gasteiger partial charge in [0.15, 0.2) is 11.5 Å². The van der Waals surface area contributed by atoms with E-state index in [-0.39, 0.29) is 18.7 Å². The first-order valence-electron chi connectivity index (χ1n) is 7.60. The molecule has 0 spiro atoms. The third-order valence-electron chi connectivity index (χ3n) is 3.67. The van der Waals surface area contributed by atoms with Gasteiger partial charge in [-0.15, -0.1) is 0 Å². The Bertz CT molecular complexity index is 911. The number of anilines is 1. The molecule has 0 saturated heterocycles. The average Bonchev–Trinajstić information content (AvgIpc) is 3.01. The summed E-state index contributed by atoms with van der Waals surface area (Å²) in [4.78, 5) is 12.4. The smallest absolute Gasteiger partial charge is 0.251 e. The lowest BCUT2D eigenvalue weighted by Crippen LogP contribution is -2.26. The monoisotopic (exact) mass is 362 g/mol. The van der Waals surface area contributed by atoms with Gasteiger partial charge in [0.2, 0.25) is 16.8 Å². The van der Waals surface area contributed by atoms with Gasteiger partial charge in [-0.1, -0.05) is 12.1 Å². The van der Waals surface area contributed by atoms with Gasteiger partial charge in [-0.05, 0) is 42.8 Å². The Balaban J connectivity index is 1.72. The van der Waals surface area contributed by atoms with E-state index in [4.69, 9.17) is 9.47 Å². The standard InChI is InChI=1S/C17H18N2O5S/c1-11(12-4-3-5-14(8-12)19-25(2,21)22)18-17(20)13-6-7-15-16(9-13)24-10-23-15/h3-9,11,19H,10H2,1-2H3,(H,18,20). The van der Waals surface area contributed by atoms with Crippen LogP contribution in [0.1, 0.15) is 28.9 Å². The third kappa shape index (κ3) is 4.21. The van der Waals surface area contributed by atoms with Crippen molar-refractivity contribution in [3.8, 4) is 11.5 Å². The summed E-state index contributed by atoms with van der Waals surface area (Å²) in [5, 5.41) is 2.88. The van der Waals surface area contributed by atoms with Crippen LogP contribution in [0.4, 0.5) is 5.69 Å². The predicted octanol–water partition coefficient (Wildman–Crippen LogP) is 2.28. The number of ether oxygens (including phenoxy) is 2. The number of hydrogen-bond acceptors (Lipinski definition) is 5. The zero-order chi connectivity index (χ0) is 18.0. The Morgan fingerprint density at radius 3 is 2.64 bits per heavy atom. The second-order valence-electron chi connectivity index (χ2n) is 5.76. The first kappa shape index (κ1) is 17.1. The quantitative estimate of drug-likeness (QED) is 0.851. The Morgan fingerprint density at radius 1 is 1.12 bits per heavy atom. The SMILES string of the molecule is CC(NC(=O)c1ccc2c(c1)OCO2)c1cccc(NS(C)(=O)=O)c1. The summed E-state index contributed by atoms with van der Waals surface area (Å²) in [6.07, 6.45) is 1.09. The van der Waals surface area contributed by atoms with Gasteiger partial charge in [-0.25, -0.2) is 8.42 Å². The lowest BCUT2D eigenvalue weighted by Gasteiger charge is -2.16. The van der Waals surface area contributed by atoms with Crippen molar-refractivity contribution in [2.24, 2.45) is 0 Å². The summed E-state index contributed by atoms with van der Waals surface area (Å²) < 4.78 is 35.6. The van der Waals surface area contributed by atoms with E-state index in [1.54, 1.807) is 36.4 Å². The molecular weight excluding hydrogens is 344 g/mol. The highest BCUT2D eigenvalue weighted by Crippen LogP contribution is 2.32. The third-order valence-corrected chi connectivity index (χ3v) is 4.28. The van der Waals surface area contributed by atoms with Crippen molar-refractivity contribution in [1.82, 2.24) is 5.32 Å². The van der Waals surface area contributed by atoms with Crippen LogP contribution in [0.15, 0.2) is 42.5 Å². The largest absolute Gasteiger partial charge is 0.454 e. The highest BCUT2D eigenvalue weighted by Gasteiger charge is 2.18. The van der Waals surface area contributed by atoms with Crippen molar-refractivity contribution in [3.63, 3.8) is 0 Å². The molecule has 1 aliphatic heterocycles. The van der Waals surface area contributed by atoms with Crippen molar-refractivity contribution in [3.05, 3.63) is 53.6 Å². The van der Waals surface area contributed by atoms with Gasteiger partial charge in [0, 0.05) is 11.3 Å². The topological polar surface area (TPSA) is 93.7 Å². The van der Waals surface area contributed by atoms with Crippen LogP contribution in [0.3, 0.4) is 0 Å². The number of sulfonamides is 1. The van der Waals surface area contributed by atoms with Gasteiger partial charge >= 0.3 is 0 Å². The fourth-order valence-electron chi connectivity index (χ4n) is 2.49. The molecule has 0 fully saturated rings. The van der Waals surface area contributed by atoms with E-state index in [0.717, 1.165) is 11.8 Å². The molecule has 2 aromatic rings. The molecule has 2 aromatic carbocycles. The maximum absolute atomic E-state index is 12.4. The van der Waals surface area contributed by atoms with Crippen molar-refractivity contribution in [2.45, 2.75) is 13.0 Å². The molecule has 1 heterocycles. The number of amides is 1. The van der Waals surface area contributed by atoms with Gasteiger partial charge < -0.3 is 14.8 Å². The summed E-state index contributed by atoms with van der Waals surface area (Å²) in [6.45, 7) is 1.97. The maximum atomic E-state index is 12.4.